The number of nitrogens with zero attached hydrogens (tertiary/aromatic N) is 1. The average molecular weight is 603 g/mol. The Kier molecular flexibility index (Phi) is 10.7. The molecule has 3 aromatic carbocycles. The Morgan fingerprint density at radius 3 is 2.35 bits per heavy atom. The van der Waals surface area contributed by atoms with Crippen molar-refractivity contribution in [1.82, 2.24) is 10.2 Å². The molecular weight excluding hydrogens is 564 g/mol. The molecule has 0 saturated carbocycles. The lowest BCUT2D eigenvalue weighted by atomic mass is 9.90. The summed E-state index contributed by atoms with van der Waals surface area (Å²) in [5.74, 6) is -1.21. The number of anilines is 1. The van der Waals surface area contributed by atoms with Crippen LogP contribution in [-0.4, -0.2) is 46.5 Å². The van der Waals surface area contributed by atoms with Crippen LogP contribution in [0.1, 0.15) is 66.1 Å². The summed E-state index contributed by atoms with van der Waals surface area (Å²) in [6.45, 7) is 4.25. The van der Waals surface area contributed by atoms with E-state index in [1.54, 1.807) is 49.4 Å². The van der Waals surface area contributed by atoms with E-state index in [0.29, 0.717) is 48.5 Å². The van der Waals surface area contributed by atoms with Gasteiger partial charge in [-0.2, -0.15) is 0 Å². The highest BCUT2D eigenvalue weighted by Crippen LogP contribution is 2.27. The highest BCUT2D eigenvalue weighted by molar-refractivity contribution is 6.31. The van der Waals surface area contributed by atoms with Crippen LogP contribution in [0.25, 0.3) is 0 Å². The SMILES string of the molecule is Cc1cc(NC(=O)[C@](C)(CCCCN)NC(=O)[C@@H]2Cc3ccccc3CN2C(=O)CCC(=O)c2ccccc2)ccc1Cl. The van der Waals surface area contributed by atoms with Crippen LogP contribution < -0.4 is 16.4 Å². The Morgan fingerprint density at radius 2 is 1.65 bits per heavy atom. The number of benzene rings is 3. The lowest BCUT2D eigenvalue weighted by Gasteiger charge is -2.38. The Morgan fingerprint density at radius 1 is 0.953 bits per heavy atom. The van der Waals surface area contributed by atoms with E-state index in [2.05, 4.69) is 10.6 Å². The molecule has 1 aliphatic rings. The Labute approximate surface area is 258 Å². The maximum absolute atomic E-state index is 14.0. The summed E-state index contributed by atoms with van der Waals surface area (Å²) in [6, 6.07) is 20.9. The standard InChI is InChI=1S/C34H39ClN4O4/c1-23-20-27(14-15-28(23)35)37-33(43)34(2,18-8-9-19-36)38-32(42)29-21-25-12-6-7-13-26(25)22-39(29)31(41)17-16-30(40)24-10-4-3-5-11-24/h3-7,10-15,20,29H,8-9,16-19,21-22,36H2,1-2H3,(H,37,43)(H,38,42)/t29-,34-/m0/s1. The molecule has 1 aliphatic heterocycles. The van der Waals surface area contributed by atoms with Gasteiger partial charge in [0.05, 0.1) is 0 Å². The van der Waals surface area contributed by atoms with E-state index < -0.39 is 17.5 Å². The summed E-state index contributed by atoms with van der Waals surface area (Å²) in [7, 11) is 0. The molecule has 0 aromatic heterocycles. The molecule has 3 aromatic rings. The molecule has 0 radical (unpaired) electrons. The van der Waals surface area contributed by atoms with E-state index in [1.807, 2.05) is 37.3 Å². The zero-order chi connectivity index (χ0) is 31.0. The van der Waals surface area contributed by atoms with Crippen LogP contribution in [0.4, 0.5) is 5.69 Å². The maximum atomic E-state index is 14.0. The van der Waals surface area contributed by atoms with Crippen LogP contribution in [0.15, 0.2) is 72.8 Å². The first-order chi connectivity index (χ1) is 20.6. The second-order valence-electron chi connectivity index (χ2n) is 11.3. The van der Waals surface area contributed by atoms with Crippen molar-refractivity contribution in [3.8, 4) is 0 Å². The van der Waals surface area contributed by atoms with Crippen LogP contribution in [0.5, 0.6) is 0 Å². The number of halogens is 1. The van der Waals surface area contributed by atoms with E-state index in [4.69, 9.17) is 17.3 Å². The fourth-order valence-electron chi connectivity index (χ4n) is 5.35. The minimum Gasteiger partial charge on any atom is -0.340 e. The van der Waals surface area contributed by atoms with Crippen molar-refractivity contribution in [2.24, 2.45) is 5.73 Å². The Hall–Kier alpha value is -4.01. The molecule has 1 heterocycles. The number of carbonyl (C=O) groups is 4. The molecule has 8 nitrogen and oxygen atoms in total. The van der Waals surface area contributed by atoms with Crippen molar-refractivity contribution < 1.29 is 19.2 Å². The third-order valence-electron chi connectivity index (χ3n) is 7.98. The predicted octanol–water partition coefficient (Wildman–Crippen LogP) is 5.21. The van der Waals surface area contributed by atoms with Gasteiger partial charge in [0.1, 0.15) is 11.6 Å². The Bertz CT molecular complexity index is 1480. The molecule has 9 heteroatoms. The second kappa shape index (κ2) is 14.4. The number of nitrogens with one attached hydrogen (secondary N) is 2. The van der Waals surface area contributed by atoms with Gasteiger partial charge in [0.25, 0.3) is 0 Å². The van der Waals surface area contributed by atoms with Crippen molar-refractivity contribution >= 4 is 40.8 Å². The molecule has 4 rings (SSSR count). The summed E-state index contributed by atoms with van der Waals surface area (Å²) in [4.78, 5) is 55.5. The normalized spacial score (nSPS) is 15.6. The van der Waals surface area contributed by atoms with Gasteiger partial charge in [0, 0.05) is 42.1 Å². The van der Waals surface area contributed by atoms with E-state index in [-0.39, 0.29) is 37.0 Å². The number of hydrogen-bond donors (Lipinski definition) is 3. The lowest BCUT2D eigenvalue weighted by molar-refractivity contribution is -0.143. The zero-order valence-corrected chi connectivity index (χ0v) is 25.5. The third-order valence-corrected chi connectivity index (χ3v) is 8.40. The van der Waals surface area contributed by atoms with Gasteiger partial charge >= 0.3 is 0 Å². The summed E-state index contributed by atoms with van der Waals surface area (Å²) in [6.07, 6.45) is 1.99. The number of amides is 3. The molecule has 226 valence electrons. The summed E-state index contributed by atoms with van der Waals surface area (Å²) < 4.78 is 0. The first kappa shape index (κ1) is 31.9. The van der Waals surface area contributed by atoms with Gasteiger partial charge in [-0.25, -0.2) is 0 Å². The highest BCUT2D eigenvalue weighted by atomic mass is 35.5. The number of aryl methyl sites for hydroxylation is 1. The monoisotopic (exact) mass is 602 g/mol. The first-order valence-corrected chi connectivity index (χ1v) is 15.0. The summed E-state index contributed by atoms with van der Waals surface area (Å²) in [5.41, 5.74) is 8.30. The molecule has 4 N–H and O–H groups in total. The number of unbranched alkanes of at least 4 members (excludes halogenated alkanes) is 1. The number of carbonyl (C=O) groups excluding carboxylic acids is 4. The predicted molar refractivity (Wildman–Crippen MR) is 169 cm³/mol. The van der Waals surface area contributed by atoms with Gasteiger partial charge < -0.3 is 21.3 Å². The third kappa shape index (κ3) is 8.09. The van der Waals surface area contributed by atoms with E-state index in [1.165, 1.54) is 4.90 Å². The Balaban J connectivity index is 1.54. The topological polar surface area (TPSA) is 122 Å². The van der Waals surface area contributed by atoms with Crippen LogP contribution in [-0.2, 0) is 27.3 Å². The molecule has 0 aliphatic carbocycles. The van der Waals surface area contributed by atoms with Crippen molar-refractivity contribution in [3.63, 3.8) is 0 Å². The number of fused-ring (bicyclic) bond motifs is 1. The van der Waals surface area contributed by atoms with Crippen molar-refractivity contribution in [3.05, 3.63) is 100 Å². The van der Waals surface area contributed by atoms with Gasteiger partial charge in [-0.05, 0) is 74.5 Å². The minimum atomic E-state index is -1.27. The number of hydrogen-bond acceptors (Lipinski definition) is 5. The van der Waals surface area contributed by atoms with Crippen LogP contribution in [0.3, 0.4) is 0 Å². The van der Waals surface area contributed by atoms with Gasteiger partial charge in [0.15, 0.2) is 5.78 Å². The smallest absolute Gasteiger partial charge is 0.249 e. The summed E-state index contributed by atoms with van der Waals surface area (Å²) >= 11 is 6.16. The van der Waals surface area contributed by atoms with Crippen LogP contribution in [0.2, 0.25) is 5.02 Å². The van der Waals surface area contributed by atoms with E-state index in [9.17, 15) is 19.2 Å². The molecule has 0 spiro atoms. The van der Waals surface area contributed by atoms with Gasteiger partial charge in [-0.15, -0.1) is 0 Å². The van der Waals surface area contributed by atoms with Crippen molar-refractivity contribution in [2.45, 2.75) is 70.5 Å². The van der Waals surface area contributed by atoms with Crippen molar-refractivity contribution in [1.29, 1.82) is 0 Å². The molecule has 0 fully saturated rings. The molecular formula is C34H39ClN4O4. The van der Waals surface area contributed by atoms with E-state index >= 15 is 0 Å². The molecule has 0 saturated heterocycles. The zero-order valence-electron chi connectivity index (χ0n) is 24.7. The molecule has 43 heavy (non-hydrogen) atoms. The van der Waals surface area contributed by atoms with Gasteiger partial charge in [0.2, 0.25) is 17.7 Å². The van der Waals surface area contributed by atoms with Gasteiger partial charge in [-0.1, -0.05) is 66.2 Å². The molecule has 3 amide bonds. The quantitative estimate of drug-likeness (QED) is 0.194. The van der Waals surface area contributed by atoms with Crippen molar-refractivity contribution in [2.75, 3.05) is 11.9 Å². The highest BCUT2D eigenvalue weighted by Gasteiger charge is 2.40. The summed E-state index contributed by atoms with van der Waals surface area (Å²) in [5, 5.41) is 6.51. The molecule has 2 atom stereocenters. The minimum absolute atomic E-state index is 0.0240. The van der Waals surface area contributed by atoms with E-state index in [0.717, 1.165) is 16.7 Å². The number of nitrogens with two attached hydrogens (primary N) is 1. The number of ketones is 1. The maximum Gasteiger partial charge on any atom is 0.249 e. The van der Waals surface area contributed by atoms with Crippen LogP contribution in [0, 0.1) is 6.92 Å². The fourth-order valence-corrected chi connectivity index (χ4v) is 5.47. The first-order valence-electron chi connectivity index (χ1n) is 14.7. The largest absolute Gasteiger partial charge is 0.340 e. The second-order valence-corrected chi connectivity index (χ2v) is 11.7. The molecule has 0 unspecified atom stereocenters. The van der Waals surface area contributed by atoms with Crippen LogP contribution >= 0.6 is 11.6 Å². The number of Topliss-reactive ketones (excluding diaryl/α,β-unsaturated/α-hetero) is 1. The fraction of sp³-hybridized carbons (Fsp3) is 0.353. The molecule has 0 bridgehead atoms. The number of rotatable bonds is 12. The van der Waals surface area contributed by atoms with Gasteiger partial charge in [-0.3, -0.25) is 19.2 Å². The average Bonchev–Trinajstić information content (AvgIpc) is 3.01. The lowest BCUT2D eigenvalue weighted by Crippen LogP contribution is -2.61.